The molecule has 0 amide bonds. The van der Waals surface area contributed by atoms with Gasteiger partial charge in [-0.1, -0.05) is 18.7 Å². The number of rotatable bonds is 0. The monoisotopic (exact) mass is 159 g/mol. The van der Waals surface area contributed by atoms with E-state index < -0.39 is 0 Å². The van der Waals surface area contributed by atoms with Crippen LogP contribution in [0.3, 0.4) is 0 Å². The molecule has 1 nitrogen and oxygen atoms in total. The van der Waals surface area contributed by atoms with Crippen molar-refractivity contribution < 1.29 is 0 Å². The molecule has 1 aliphatic carbocycles. The molecule has 0 radical (unpaired) electrons. The minimum atomic E-state index is 0.924. The van der Waals surface area contributed by atoms with Crippen LogP contribution in [0, 0.1) is 0 Å². The number of nitrogens with two attached hydrogens (primary N) is 1. The first-order chi connectivity index (χ1) is 5.79. The molecule has 62 valence electrons. The van der Waals surface area contributed by atoms with E-state index in [9.17, 15) is 0 Å². The zero-order valence-electron chi connectivity index (χ0n) is 7.14. The SMILES string of the molecule is C=C1CCCc2c(N)cccc21. The molecule has 1 aliphatic rings. The Morgan fingerprint density at radius 2 is 2.08 bits per heavy atom. The van der Waals surface area contributed by atoms with E-state index in [1.807, 2.05) is 12.1 Å². The Balaban J connectivity index is 2.59. The van der Waals surface area contributed by atoms with Crippen LogP contribution in [0.5, 0.6) is 0 Å². The van der Waals surface area contributed by atoms with Crippen molar-refractivity contribution in [3.05, 3.63) is 35.9 Å². The lowest BCUT2D eigenvalue weighted by Gasteiger charge is -2.19. The van der Waals surface area contributed by atoms with Gasteiger partial charge in [-0.2, -0.15) is 0 Å². The number of benzene rings is 1. The Morgan fingerprint density at radius 3 is 2.83 bits per heavy atom. The standard InChI is InChI=1S/C11H13N/c1-8-4-2-6-10-9(8)5-3-7-11(10)12/h3,5,7H,1-2,4,6,12H2. The van der Waals surface area contributed by atoms with E-state index in [1.165, 1.54) is 23.1 Å². The van der Waals surface area contributed by atoms with E-state index in [-0.39, 0.29) is 0 Å². The first kappa shape index (κ1) is 7.41. The third-order valence-corrected chi connectivity index (χ3v) is 2.50. The van der Waals surface area contributed by atoms with E-state index in [4.69, 9.17) is 5.73 Å². The molecule has 0 atom stereocenters. The van der Waals surface area contributed by atoms with Crippen molar-refractivity contribution in [3.8, 4) is 0 Å². The molecule has 12 heavy (non-hydrogen) atoms. The molecule has 0 aliphatic heterocycles. The van der Waals surface area contributed by atoms with Crippen LogP contribution in [0.25, 0.3) is 5.57 Å². The van der Waals surface area contributed by atoms with E-state index in [1.54, 1.807) is 0 Å². The van der Waals surface area contributed by atoms with Crippen LogP contribution >= 0.6 is 0 Å². The van der Waals surface area contributed by atoms with E-state index in [0.717, 1.165) is 18.5 Å². The normalized spacial score (nSPS) is 15.8. The molecular formula is C11H13N. The van der Waals surface area contributed by atoms with Gasteiger partial charge in [-0.05, 0) is 42.0 Å². The van der Waals surface area contributed by atoms with Crippen LogP contribution in [0.15, 0.2) is 24.8 Å². The highest BCUT2D eigenvalue weighted by Crippen LogP contribution is 2.32. The fourth-order valence-electron chi connectivity index (χ4n) is 1.83. The molecule has 0 fully saturated rings. The summed E-state index contributed by atoms with van der Waals surface area (Å²) in [6.45, 7) is 4.04. The molecule has 0 spiro atoms. The molecule has 0 unspecified atom stereocenters. The highest BCUT2D eigenvalue weighted by atomic mass is 14.6. The summed E-state index contributed by atoms with van der Waals surface area (Å²) in [7, 11) is 0. The lowest BCUT2D eigenvalue weighted by molar-refractivity contribution is 0.826. The Bertz CT molecular complexity index is 326. The van der Waals surface area contributed by atoms with E-state index in [2.05, 4.69) is 12.6 Å². The lowest BCUT2D eigenvalue weighted by Crippen LogP contribution is -2.04. The van der Waals surface area contributed by atoms with Gasteiger partial charge < -0.3 is 5.73 Å². The van der Waals surface area contributed by atoms with Crippen molar-refractivity contribution >= 4 is 11.3 Å². The molecule has 2 rings (SSSR count). The first-order valence-corrected chi connectivity index (χ1v) is 4.34. The molecule has 0 saturated carbocycles. The summed E-state index contributed by atoms with van der Waals surface area (Å²) < 4.78 is 0. The van der Waals surface area contributed by atoms with Gasteiger partial charge in [-0.3, -0.25) is 0 Å². The Kier molecular flexibility index (Phi) is 1.65. The molecule has 0 heterocycles. The van der Waals surface area contributed by atoms with Gasteiger partial charge in [0.1, 0.15) is 0 Å². The van der Waals surface area contributed by atoms with E-state index >= 15 is 0 Å². The van der Waals surface area contributed by atoms with Crippen molar-refractivity contribution in [2.75, 3.05) is 5.73 Å². The predicted octanol–water partition coefficient (Wildman–Crippen LogP) is 2.62. The number of hydrogen-bond acceptors (Lipinski definition) is 1. The molecule has 1 aromatic rings. The molecule has 0 saturated heterocycles. The van der Waals surface area contributed by atoms with Gasteiger partial charge in [-0.15, -0.1) is 0 Å². The number of fused-ring (bicyclic) bond motifs is 1. The fourth-order valence-corrected chi connectivity index (χ4v) is 1.83. The first-order valence-electron chi connectivity index (χ1n) is 4.34. The summed E-state index contributed by atoms with van der Waals surface area (Å²) in [6, 6.07) is 6.09. The minimum absolute atomic E-state index is 0.924. The second kappa shape index (κ2) is 2.67. The number of allylic oxidation sites excluding steroid dienone is 1. The summed E-state index contributed by atoms with van der Waals surface area (Å²) in [5.41, 5.74) is 10.6. The predicted molar refractivity (Wildman–Crippen MR) is 52.8 cm³/mol. The zero-order chi connectivity index (χ0) is 8.55. The second-order valence-corrected chi connectivity index (χ2v) is 3.33. The van der Waals surface area contributed by atoms with Crippen molar-refractivity contribution in [1.82, 2.24) is 0 Å². The molecular weight excluding hydrogens is 146 g/mol. The van der Waals surface area contributed by atoms with Gasteiger partial charge in [0.05, 0.1) is 0 Å². The van der Waals surface area contributed by atoms with Crippen LogP contribution < -0.4 is 5.73 Å². The largest absolute Gasteiger partial charge is 0.398 e. The maximum Gasteiger partial charge on any atom is 0.0352 e. The Morgan fingerprint density at radius 1 is 1.25 bits per heavy atom. The van der Waals surface area contributed by atoms with E-state index in [0.29, 0.717) is 0 Å². The van der Waals surface area contributed by atoms with Gasteiger partial charge in [0.2, 0.25) is 0 Å². The lowest BCUT2D eigenvalue weighted by atomic mass is 9.87. The highest BCUT2D eigenvalue weighted by Gasteiger charge is 2.13. The average Bonchev–Trinajstić information content (AvgIpc) is 2.07. The van der Waals surface area contributed by atoms with Crippen molar-refractivity contribution in [1.29, 1.82) is 0 Å². The topological polar surface area (TPSA) is 26.0 Å². The second-order valence-electron chi connectivity index (χ2n) is 3.33. The summed E-state index contributed by atoms with van der Waals surface area (Å²) in [5.74, 6) is 0. The Hall–Kier alpha value is -1.24. The van der Waals surface area contributed by atoms with Gasteiger partial charge in [0.25, 0.3) is 0 Å². The third kappa shape index (κ3) is 1.02. The van der Waals surface area contributed by atoms with Crippen molar-refractivity contribution in [3.63, 3.8) is 0 Å². The van der Waals surface area contributed by atoms with Crippen LogP contribution in [-0.2, 0) is 6.42 Å². The summed E-state index contributed by atoms with van der Waals surface area (Å²) in [5, 5.41) is 0. The minimum Gasteiger partial charge on any atom is -0.398 e. The number of nitrogen functional groups attached to an aromatic ring is 1. The van der Waals surface area contributed by atoms with Crippen molar-refractivity contribution in [2.45, 2.75) is 19.3 Å². The quantitative estimate of drug-likeness (QED) is 0.578. The molecule has 0 aromatic heterocycles. The van der Waals surface area contributed by atoms with Crippen LogP contribution in [0.2, 0.25) is 0 Å². The summed E-state index contributed by atoms with van der Waals surface area (Å²) in [6.07, 6.45) is 3.43. The number of hydrogen-bond donors (Lipinski definition) is 1. The number of anilines is 1. The average molecular weight is 159 g/mol. The van der Waals surface area contributed by atoms with Crippen molar-refractivity contribution in [2.24, 2.45) is 0 Å². The van der Waals surface area contributed by atoms with Crippen LogP contribution in [0.1, 0.15) is 24.0 Å². The summed E-state index contributed by atoms with van der Waals surface area (Å²) >= 11 is 0. The highest BCUT2D eigenvalue weighted by molar-refractivity contribution is 5.72. The molecule has 2 N–H and O–H groups in total. The van der Waals surface area contributed by atoms with Gasteiger partial charge in [-0.25, -0.2) is 0 Å². The summed E-state index contributed by atoms with van der Waals surface area (Å²) in [4.78, 5) is 0. The third-order valence-electron chi connectivity index (χ3n) is 2.50. The van der Waals surface area contributed by atoms with Gasteiger partial charge >= 0.3 is 0 Å². The maximum atomic E-state index is 5.86. The van der Waals surface area contributed by atoms with Gasteiger partial charge in [0.15, 0.2) is 0 Å². The smallest absolute Gasteiger partial charge is 0.0352 e. The molecule has 1 heteroatoms. The fraction of sp³-hybridized carbons (Fsp3) is 0.273. The molecule has 1 aromatic carbocycles. The van der Waals surface area contributed by atoms with Crippen LogP contribution in [-0.4, -0.2) is 0 Å². The zero-order valence-corrected chi connectivity index (χ0v) is 7.14. The maximum absolute atomic E-state index is 5.86. The Labute approximate surface area is 72.9 Å². The molecule has 0 bridgehead atoms. The van der Waals surface area contributed by atoms with Gasteiger partial charge in [0, 0.05) is 5.69 Å². The van der Waals surface area contributed by atoms with Crippen LogP contribution in [0.4, 0.5) is 5.69 Å².